The Hall–Kier alpha value is -2.40. The van der Waals surface area contributed by atoms with Crippen LogP contribution in [0.15, 0.2) is 18.2 Å². The van der Waals surface area contributed by atoms with Crippen molar-refractivity contribution in [1.82, 2.24) is 5.32 Å². The second-order valence-electron chi connectivity index (χ2n) is 11.2. The standard InChI is InChI=1S/C27H37NO9/c1-15-4-6-19-16(2)24(34-25-27(19)18(15)10-12-26(3,35-25)36-37-27)33-23(32)9-8-22(31)28-13-11-17-5-7-20(29)21(30)14-17/h5,7,14-16,18-19,24-25,29-30H,4,6,8-13H2,1-3H3,(H,28,31)/t15-,16+,18-,19+,24+,25-,26+,27-/m0/s1. The van der Waals surface area contributed by atoms with Crippen LogP contribution in [0.2, 0.25) is 0 Å². The van der Waals surface area contributed by atoms with Gasteiger partial charge in [0.25, 0.3) is 0 Å². The number of ether oxygens (including phenoxy) is 3. The minimum Gasteiger partial charge on any atom is -0.504 e. The minimum absolute atomic E-state index is 0.0112. The van der Waals surface area contributed by atoms with E-state index < -0.39 is 29.9 Å². The Morgan fingerprint density at radius 1 is 1.08 bits per heavy atom. The van der Waals surface area contributed by atoms with Gasteiger partial charge < -0.3 is 29.7 Å². The highest BCUT2D eigenvalue weighted by Crippen LogP contribution is 2.60. The van der Waals surface area contributed by atoms with Crippen LogP contribution in [0.5, 0.6) is 11.5 Å². The molecule has 8 atom stereocenters. The van der Waals surface area contributed by atoms with Gasteiger partial charge in [-0.3, -0.25) is 9.59 Å². The number of hydrogen-bond donors (Lipinski definition) is 3. The summed E-state index contributed by atoms with van der Waals surface area (Å²) in [4.78, 5) is 36.8. The maximum atomic E-state index is 12.7. The zero-order valence-electron chi connectivity index (χ0n) is 21.6. The summed E-state index contributed by atoms with van der Waals surface area (Å²) in [6.45, 7) is 6.44. The van der Waals surface area contributed by atoms with Gasteiger partial charge in [0.15, 0.2) is 23.4 Å². The number of hydrogen-bond acceptors (Lipinski definition) is 9. The number of phenols is 2. The first-order valence-electron chi connectivity index (χ1n) is 13.3. The van der Waals surface area contributed by atoms with Crippen molar-refractivity contribution < 1.29 is 43.8 Å². The normalized spacial score (nSPS) is 38.4. The quantitative estimate of drug-likeness (QED) is 0.282. The third-order valence-corrected chi connectivity index (χ3v) is 8.68. The molecular weight excluding hydrogens is 482 g/mol. The van der Waals surface area contributed by atoms with Crippen LogP contribution >= 0.6 is 0 Å². The van der Waals surface area contributed by atoms with E-state index in [1.165, 1.54) is 12.1 Å². The molecule has 204 valence electrons. The van der Waals surface area contributed by atoms with Gasteiger partial charge in [-0.15, -0.1) is 0 Å². The molecule has 4 saturated heterocycles. The first-order valence-corrected chi connectivity index (χ1v) is 13.3. The van der Waals surface area contributed by atoms with Crippen molar-refractivity contribution in [3.8, 4) is 11.5 Å². The Morgan fingerprint density at radius 2 is 1.89 bits per heavy atom. The first kappa shape index (κ1) is 26.2. The van der Waals surface area contributed by atoms with Crippen LogP contribution in [-0.4, -0.2) is 52.6 Å². The van der Waals surface area contributed by atoms with Gasteiger partial charge in [0.05, 0.1) is 6.42 Å². The van der Waals surface area contributed by atoms with Crippen molar-refractivity contribution in [3.63, 3.8) is 0 Å². The zero-order valence-corrected chi connectivity index (χ0v) is 21.6. The fraction of sp³-hybridized carbons (Fsp3) is 0.704. The Kier molecular flexibility index (Phi) is 7.12. The monoisotopic (exact) mass is 519 g/mol. The number of nitrogens with one attached hydrogen (secondary N) is 1. The predicted octanol–water partition coefficient (Wildman–Crippen LogP) is 3.29. The largest absolute Gasteiger partial charge is 0.504 e. The number of amides is 1. The van der Waals surface area contributed by atoms with Crippen molar-refractivity contribution in [1.29, 1.82) is 0 Å². The molecular formula is C27H37NO9. The van der Waals surface area contributed by atoms with Crippen LogP contribution in [0, 0.1) is 23.7 Å². The van der Waals surface area contributed by atoms with Gasteiger partial charge in [-0.2, -0.15) is 0 Å². The van der Waals surface area contributed by atoms with Crippen molar-refractivity contribution in [3.05, 3.63) is 23.8 Å². The molecule has 3 N–H and O–H groups in total. The summed E-state index contributed by atoms with van der Waals surface area (Å²) in [5.74, 6) is -1.47. The Labute approximate surface area is 216 Å². The molecule has 1 saturated carbocycles. The summed E-state index contributed by atoms with van der Waals surface area (Å²) in [7, 11) is 0. The van der Waals surface area contributed by atoms with E-state index in [1.807, 2.05) is 13.8 Å². The predicted molar refractivity (Wildman–Crippen MR) is 129 cm³/mol. The summed E-state index contributed by atoms with van der Waals surface area (Å²) < 4.78 is 18.3. The van der Waals surface area contributed by atoms with Crippen molar-refractivity contribution in [2.45, 2.75) is 89.7 Å². The summed E-state index contributed by atoms with van der Waals surface area (Å²) in [6.07, 6.45) is 2.50. The fourth-order valence-corrected chi connectivity index (χ4v) is 6.57. The molecule has 1 aliphatic carbocycles. The molecule has 0 aromatic heterocycles. The van der Waals surface area contributed by atoms with E-state index in [0.29, 0.717) is 25.3 Å². The highest BCUT2D eigenvalue weighted by Gasteiger charge is 2.69. The summed E-state index contributed by atoms with van der Waals surface area (Å²) >= 11 is 0. The molecule has 5 fully saturated rings. The zero-order chi connectivity index (χ0) is 26.4. The number of carbonyl (C=O) groups is 2. The lowest BCUT2D eigenvalue weighted by Crippen LogP contribution is -2.70. The maximum Gasteiger partial charge on any atom is 0.308 e. The lowest BCUT2D eigenvalue weighted by Gasteiger charge is -2.59. The summed E-state index contributed by atoms with van der Waals surface area (Å²) in [6, 6.07) is 4.52. The minimum atomic E-state index is -0.899. The molecule has 1 aromatic carbocycles. The number of rotatable bonds is 7. The Balaban J connectivity index is 1.14. The van der Waals surface area contributed by atoms with Crippen molar-refractivity contribution in [2.24, 2.45) is 23.7 Å². The number of phenolic OH excluding ortho intramolecular Hbond substituents is 2. The molecule has 6 rings (SSSR count). The van der Waals surface area contributed by atoms with Crippen molar-refractivity contribution in [2.75, 3.05) is 6.54 Å². The van der Waals surface area contributed by atoms with E-state index in [2.05, 4.69) is 12.2 Å². The number of fused-ring (bicyclic) bond motifs is 2. The molecule has 10 nitrogen and oxygen atoms in total. The average molecular weight is 520 g/mol. The fourth-order valence-electron chi connectivity index (χ4n) is 6.57. The second-order valence-corrected chi connectivity index (χ2v) is 11.2. The Morgan fingerprint density at radius 3 is 2.68 bits per heavy atom. The topological polar surface area (TPSA) is 133 Å². The van der Waals surface area contributed by atoms with Crippen molar-refractivity contribution >= 4 is 11.9 Å². The van der Waals surface area contributed by atoms with Crippen LogP contribution in [0.4, 0.5) is 0 Å². The van der Waals surface area contributed by atoms with Gasteiger partial charge in [-0.1, -0.05) is 19.9 Å². The molecule has 0 radical (unpaired) electrons. The van der Waals surface area contributed by atoms with E-state index in [4.69, 9.17) is 24.0 Å². The van der Waals surface area contributed by atoms with Crippen LogP contribution in [0.25, 0.3) is 0 Å². The summed E-state index contributed by atoms with van der Waals surface area (Å²) in [5.41, 5.74) is 0.0534. The lowest BCUT2D eigenvalue weighted by molar-refractivity contribution is -0.576. The molecule has 4 heterocycles. The van der Waals surface area contributed by atoms with E-state index >= 15 is 0 Å². The first-order chi connectivity index (χ1) is 17.6. The van der Waals surface area contributed by atoms with E-state index in [0.717, 1.165) is 24.8 Å². The smallest absolute Gasteiger partial charge is 0.308 e. The highest BCUT2D eigenvalue weighted by atomic mass is 17.3. The van der Waals surface area contributed by atoms with Gasteiger partial charge in [0, 0.05) is 31.2 Å². The summed E-state index contributed by atoms with van der Waals surface area (Å²) in [5, 5.41) is 21.7. The molecule has 1 aromatic rings. The van der Waals surface area contributed by atoms with Crippen LogP contribution in [0.3, 0.4) is 0 Å². The van der Waals surface area contributed by atoms with Gasteiger partial charge in [0.2, 0.25) is 18.0 Å². The second kappa shape index (κ2) is 10.1. The number of aromatic hydroxyl groups is 2. The number of esters is 1. The molecule has 2 bridgehead atoms. The molecule has 10 heteroatoms. The SMILES string of the molecule is C[C@H]1[C@H](OC(=O)CCC(=O)NCCc2ccc(O)c(O)c2)O[C@H]2O[C@@]3(C)CC[C@H]4[C@@H](C)CC[C@H]1[C@]24OO3. The molecule has 0 unspecified atom stereocenters. The molecule has 1 spiro atoms. The molecule has 5 aliphatic rings. The van der Waals surface area contributed by atoms with Crippen LogP contribution < -0.4 is 5.32 Å². The molecule has 1 amide bonds. The third-order valence-electron chi connectivity index (χ3n) is 8.68. The van der Waals surface area contributed by atoms with Gasteiger partial charge in [-0.25, -0.2) is 9.78 Å². The van der Waals surface area contributed by atoms with E-state index in [1.54, 1.807) is 6.07 Å². The molecule has 4 aliphatic heterocycles. The van der Waals surface area contributed by atoms with E-state index in [-0.39, 0.29) is 48.0 Å². The average Bonchev–Trinajstić information content (AvgIpc) is 3.09. The van der Waals surface area contributed by atoms with Crippen LogP contribution in [-0.2, 0) is 40.0 Å². The van der Waals surface area contributed by atoms with Crippen LogP contribution in [0.1, 0.15) is 64.9 Å². The Bertz CT molecular complexity index is 1030. The van der Waals surface area contributed by atoms with Gasteiger partial charge in [-0.05, 0) is 62.1 Å². The van der Waals surface area contributed by atoms with Gasteiger partial charge in [0.1, 0.15) is 0 Å². The van der Waals surface area contributed by atoms with E-state index in [9.17, 15) is 19.8 Å². The van der Waals surface area contributed by atoms with Gasteiger partial charge >= 0.3 is 5.97 Å². The molecule has 37 heavy (non-hydrogen) atoms. The number of benzene rings is 1. The highest BCUT2D eigenvalue weighted by molar-refractivity contribution is 5.81. The lowest BCUT2D eigenvalue weighted by atomic mass is 9.58. The third kappa shape index (κ3) is 4.92. The number of carbonyl (C=O) groups excluding carboxylic acids is 2. The maximum absolute atomic E-state index is 12.7.